The van der Waals surface area contributed by atoms with E-state index in [1.165, 1.54) is 0 Å². The highest BCUT2D eigenvalue weighted by atomic mass is 32.2. The van der Waals surface area contributed by atoms with Crippen LogP contribution in [0.3, 0.4) is 0 Å². The van der Waals surface area contributed by atoms with E-state index in [1.807, 2.05) is 6.92 Å². The Morgan fingerprint density at radius 2 is 2.43 bits per heavy atom. The minimum Gasteiger partial charge on any atom is -0.771 e. The second-order valence-corrected chi connectivity index (χ2v) is 1.95. The molecule has 3 nitrogen and oxygen atoms in total. The quantitative estimate of drug-likeness (QED) is 0.510. The van der Waals surface area contributed by atoms with Gasteiger partial charge in [-0.25, -0.2) is 0 Å². The molecule has 0 aliphatic heterocycles. The summed E-state index contributed by atoms with van der Waals surface area (Å²) in [4.78, 5) is 0. The molecule has 0 spiro atoms. The van der Waals surface area contributed by atoms with Crippen LogP contribution < -0.4 is 5.32 Å². The van der Waals surface area contributed by atoms with E-state index in [2.05, 4.69) is 5.32 Å². The maximum atomic E-state index is 9.70. The van der Waals surface area contributed by atoms with E-state index in [0.29, 0.717) is 6.54 Å². The minimum atomic E-state index is -1.93. The Kier molecular flexibility index (Phi) is 4.28. The van der Waals surface area contributed by atoms with E-state index in [0.717, 1.165) is 0 Å². The summed E-state index contributed by atoms with van der Waals surface area (Å²) in [5.74, 6) is 0.0660. The van der Waals surface area contributed by atoms with Crippen molar-refractivity contribution >= 4 is 11.1 Å². The number of hydrogen-bond donors (Lipinski definition) is 1. The first-order valence-corrected chi connectivity index (χ1v) is 3.28. The Labute approximate surface area is 45.4 Å². The average molecular weight is 122 g/mol. The second-order valence-electron chi connectivity index (χ2n) is 1.05. The maximum Gasteiger partial charge on any atom is 0.0588 e. The van der Waals surface area contributed by atoms with Gasteiger partial charge < -0.3 is 9.87 Å². The Balaban J connectivity index is 2.82. The van der Waals surface area contributed by atoms with Crippen molar-refractivity contribution in [2.45, 2.75) is 6.92 Å². The third-order valence-corrected chi connectivity index (χ3v) is 0.910. The van der Waals surface area contributed by atoms with Gasteiger partial charge in [0.05, 0.1) is 5.88 Å². The molecular weight excluding hydrogens is 114 g/mol. The van der Waals surface area contributed by atoms with Gasteiger partial charge in [-0.15, -0.1) is 0 Å². The second kappa shape index (κ2) is 4.23. The molecule has 1 N–H and O–H groups in total. The van der Waals surface area contributed by atoms with Crippen molar-refractivity contribution < 1.29 is 8.76 Å². The number of hydrogen-bond acceptors (Lipinski definition) is 3. The molecule has 4 heteroatoms. The molecule has 0 aromatic heterocycles. The van der Waals surface area contributed by atoms with Crippen molar-refractivity contribution in [3.05, 3.63) is 0 Å². The molecule has 0 aromatic rings. The summed E-state index contributed by atoms with van der Waals surface area (Å²) in [7, 11) is 0. The smallest absolute Gasteiger partial charge is 0.0588 e. The van der Waals surface area contributed by atoms with Crippen molar-refractivity contribution in [2.75, 3.05) is 12.4 Å². The van der Waals surface area contributed by atoms with Gasteiger partial charge in [-0.05, 0) is 17.6 Å². The standard InChI is InChI=1S/C3H9NO2S/c1-2-4-3-7(5)6/h4H,2-3H2,1H3,(H,5,6)/p-1. The molecule has 0 fully saturated rings. The van der Waals surface area contributed by atoms with E-state index in [4.69, 9.17) is 0 Å². The summed E-state index contributed by atoms with van der Waals surface area (Å²) in [5.41, 5.74) is 0. The predicted octanol–water partition coefficient (Wildman–Crippen LogP) is -0.568. The van der Waals surface area contributed by atoms with Crippen LogP contribution in [0.15, 0.2) is 0 Å². The van der Waals surface area contributed by atoms with Gasteiger partial charge in [0.2, 0.25) is 0 Å². The average Bonchev–Trinajstić information content (AvgIpc) is 1.61. The normalized spacial score (nSPS) is 14.0. The first kappa shape index (κ1) is 7.07. The fourth-order valence-electron chi connectivity index (χ4n) is 0.185. The molecule has 0 aliphatic rings. The van der Waals surface area contributed by atoms with Crippen LogP contribution in [0, 0.1) is 0 Å². The largest absolute Gasteiger partial charge is 0.771 e. The molecule has 0 aliphatic carbocycles. The van der Waals surface area contributed by atoms with Crippen LogP contribution in [0.5, 0.6) is 0 Å². The highest BCUT2D eigenvalue weighted by Gasteiger charge is 1.75. The highest BCUT2D eigenvalue weighted by Crippen LogP contribution is 1.63. The van der Waals surface area contributed by atoms with Gasteiger partial charge in [0.1, 0.15) is 0 Å². The van der Waals surface area contributed by atoms with Gasteiger partial charge >= 0.3 is 0 Å². The summed E-state index contributed by atoms with van der Waals surface area (Å²) in [6.07, 6.45) is 0. The summed E-state index contributed by atoms with van der Waals surface area (Å²) in [6, 6.07) is 0. The topological polar surface area (TPSA) is 52.2 Å². The van der Waals surface area contributed by atoms with E-state index < -0.39 is 11.1 Å². The molecule has 0 aromatic carbocycles. The molecule has 1 atom stereocenters. The molecular formula is C3H8NO2S-. The van der Waals surface area contributed by atoms with Gasteiger partial charge in [0.25, 0.3) is 0 Å². The Morgan fingerprint density at radius 1 is 1.86 bits per heavy atom. The summed E-state index contributed by atoms with van der Waals surface area (Å²) < 4.78 is 19.4. The van der Waals surface area contributed by atoms with E-state index in [9.17, 15) is 8.76 Å². The molecule has 0 rings (SSSR count). The highest BCUT2D eigenvalue weighted by molar-refractivity contribution is 7.79. The lowest BCUT2D eigenvalue weighted by Gasteiger charge is -2.02. The van der Waals surface area contributed by atoms with Gasteiger partial charge in [0.15, 0.2) is 0 Å². The zero-order chi connectivity index (χ0) is 5.70. The summed E-state index contributed by atoms with van der Waals surface area (Å²) in [6.45, 7) is 2.56. The molecule has 1 unspecified atom stereocenters. The van der Waals surface area contributed by atoms with Crippen molar-refractivity contribution in [1.82, 2.24) is 5.32 Å². The molecule has 7 heavy (non-hydrogen) atoms. The Hall–Kier alpha value is 0.0700. The molecule has 0 heterocycles. The maximum absolute atomic E-state index is 9.70. The Morgan fingerprint density at radius 3 is 2.57 bits per heavy atom. The molecule has 0 saturated carbocycles. The van der Waals surface area contributed by atoms with Crippen molar-refractivity contribution in [1.29, 1.82) is 0 Å². The zero-order valence-electron chi connectivity index (χ0n) is 4.14. The Bertz CT molecular complexity index is 66.0. The van der Waals surface area contributed by atoms with Crippen LogP contribution in [0.4, 0.5) is 0 Å². The first-order chi connectivity index (χ1) is 3.27. The van der Waals surface area contributed by atoms with Crippen LogP contribution in [0.2, 0.25) is 0 Å². The molecule has 0 amide bonds. The lowest BCUT2D eigenvalue weighted by Crippen LogP contribution is -2.17. The lowest BCUT2D eigenvalue weighted by molar-refractivity contribution is 0.531. The van der Waals surface area contributed by atoms with Crippen molar-refractivity contribution in [3.8, 4) is 0 Å². The SMILES string of the molecule is CCNCS(=O)[O-]. The molecule has 0 radical (unpaired) electrons. The van der Waals surface area contributed by atoms with Gasteiger partial charge in [-0.1, -0.05) is 6.92 Å². The zero-order valence-corrected chi connectivity index (χ0v) is 4.96. The van der Waals surface area contributed by atoms with Crippen LogP contribution in [0.1, 0.15) is 6.92 Å². The predicted molar refractivity (Wildman–Crippen MR) is 27.5 cm³/mol. The van der Waals surface area contributed by atoms with Crippen LogP contribution in [0.25, 0.3) is 0 Å². The van der Waals surface area contributed by atoms with Gasteiger partial charge in [-0.3, -0.25) is 4.21 Å². The minimum absolute atomic E-state index is 0.0660. The number of rotatable bonds is 3. The third kappa shape index (κ3) is 6.07. The van der Waals surface area contributed by atoms with Gasteiger partial charge in [-0.2, -0.15) is 0 Å². The fraction of sp³-hybridized carbons (Fsp3) is 1.00. The summed E-state index contributed by atoms with van der Waals surface area (Å²) in [5, 5.41) is 2.64. The van der Waals surface area contributed by atoms with E-state index in [-0.39, 0.29) is 5.88 Å². The van der Waals surface area contributed by atoms with Crippen molar-refractivity contribution in [3.63, 3.8) is 0 Å². The lowest BCUT2D eigenvalue weighted by atomic mass is 10.8. The van der Waals surface area contributed by atoms with Gasteiger partial charge in [0, 0.05) is 0 Å². The van der Waals surface area contributed by atoms with E-state index >= 15 is 0 Å². The third-order valence-electron chi connectivity index (χ3n) is 0.470. The molecule has 0 saturated heterocycles. The van der Waals surface area contributed by atoms with E-state index in [1.54, 1.807) is 0 Å². The monoisotopic (exact) mass is 122 g/mol. The number of nitrogens with one attached hydrogen (secondary N) is 1. The van der Waals surface area contributed by atoms with Crippen molar-refractivity contribution in [2.24, 2.45) is 0 Å². The first-order valence-electron chi connectivity index (χ1n) is 2.04. The van der Waals surface area contributed by atoms with Crippen LogP contribution in [-0.4, -0.2) is 21.2 Å². The molecule has 0 bridgehead atoms. The fourth-order valence-corrected chi connectivity index (χ4v) is 0.556. The van der Waals surface area contributed by atoms with Crippen LogP contribution in [-0.2, 0) is 11.1 Å². The van der Waals surface area contributed by atoms with Crippen LogP contribution >= 0.6 is 0 Å². The molecule has 44 valence electrons. The summed E-state index contributed by atoms with van der Waals surface area (Å²) >= 11 is -1.93.